The van der Waals surface area contributed by atoms with Crippen LogP contribution < -0.4 is 5.32 Å². The topological polar surface area (TPSA) is 66.5 Å². The molecule has 0 spiro atoms. The molecule has 0 fully saturated rings. The maximum atomic E-state index is 13.1. The molecule has 0 saturated carbocycles. The van der Waals surface area contributed by atoms with Crippen LogP contribution in [0.2, 0.25) is 0 Å². The first-order valence-electron chi connectivity index (χ1n) is 5.00. The molecular weight excluding hydrogens is 209 g/mol. The number of H-pyrrole nitrogens is 1. The van der Waals surface area contributed by atoms with Gasteiger partial charge in [-0.25, -0.2) is 4.39 Å². The molecule has 2 N–H and O–H groups in total. The van der Waals surface area contributed by atoms with Gasteiger partial charge in [0.1, 0.15) is 11.5 Å². The van der Waals surface area contributed by atoms with Crippen molar-refractivity contribution in [2.75, 3.05) is 6.54 Å². The third-order valence-corrected chi connectivity index (χ3v) is 2.20. The molecule has 1 atom stereocenters. The first-order chi connectivity index (χ1) is 7.81. The molecule has 2 aromatic rings. The van der Waals surface area contributed by atoms with E-state index < -0.39 is 0 Å². The van der Waals surface area contributed by atoms with Crippen LogP contribution in [0.3, 0.4) is 0 Å². The SMILES string of the molecule is CCNC(c1cncc(F)c1)c1cn[nH]n1. The molecule has 1 unspecified atom stereocenters. The summed E-state index contributed by atoms with van der Waals surface area (Å²) in [6, 6.07) is 1.25. The van der Waals surface area contributed by atoms with E-state index in [4.69, 9.17) is 0 Å². The summed E-state index contributed by atoms with van der Waals surface area (Å²) in [5.41, 5.74) is 1.45. The summed E-state index contributed by atoms with van der Waals surface area (Å²) in [7, 11) is 0. The van der Waals surface area contributed by atoms with E-state index in [-0.39, 0.29) is 11.9 Å². The van der Waals surface area contributed by atoms with Crippen molar-refractivity contribution in [2.45, 2.75) is 13.0 Å². The largest absolute Gasteiger partial charge is 0.305 e. The fourth-order valence-corrected chi connectivity index (χ4v) is 1.53. The summed E-state index contributed by atoms with van der Waals surface area (Å²) in [4.78, 5) is 3.82. The predicted octanol–water partition coefficient (Wildman–Crippen LogP) is 1.04. The van der Waals surface area contributed by atoms with Crippen molar-refractivity contribution in [3.8, 4) is 0 Å². The van der Waals surface area contributed by atoms with E-state index >= 15 is 0 Å². The zero-order valence-electron chi connectivity index (χ0n) is 8.81. The van der Waals surface area contributed by atoms with Gasteiger partial charge in [-0.1, -0.05) is 6.92 Å². The number of aromatic nitrogens is 4. The van der Waals surface area contributed by atoms with Crippen LogP contribution >= 0.6 is 0 Å². The number of nitrogens with one attached hydrogen (secondary N) is 2. The summed E-state index contributed by atoms with van der Waals surface area (Å²) >= 11 is 0. The second kappa shape index (κ2) is 4.80. The maximum absolute atomic E-state index is 13.1. The van der Waals surface area contributed by atoms with Crippen LogP contribution in [0.15, 0.2) is 24.7 Å². The Labute approximate surface area is 92.1 Å². The Morgan fingerprint density at radius 1 is 1.44 bits per heavy atom. The highest BCUT2D eigenvalue weighted by atomic mass is 19.1. The number of rotatable bonds is 4. The zero-order valence-corrected chi connectivity index (χ0v) is 8.81. The Kier molecular flexibility index (Phi) is 3.21. The highest BCUT2D eigenvalue weighted by molar-refractivity contribution is 5.23. The lowest BCUT2D eigenvalue weighted by atomic mass is 10.1. The molecule has 0 radical (unpaired) electrons. The van der Waals surface area contributed by atoms with Gasteiger partial charge in [0, 0.05) is 6.20 Å². The van der Waals surface area contributed by atoms with Crippen molar-refractivity contribution >= 4 is 0 Å². The second-order valence-corrected chi connectivity index (χ2v) is 3.32. The lowest BCUT2D eigenvalue weighted by Gasteiger charge is -2.14. The van der Waals surface area contributed by atoms with Crippen molar-refractivity contribution in [3.63, 3.8) is 0 Å². The van der Waals surface area contributed by atoms with Crippen molar-refractivity contribution in [3.05, 3.63) is 41.7 Å². The van der Waals surface area contributed by atoms with E-state index in [0.717, 1.165) is 12.1 Å². The lowest BCUT2D eigenvalue weighted by molar-refractivity contribution is 0.588. The third-order valence-electron chi connectivity index (χ3n) is 2.20. The van der Waals surface area contributed by atoms with Gasteiger partial charge in [-0.3, -0.25) is 4.98 Å². The van der Waals surface area contributed by atoms with Crippen molar-refractivity contribution in [1.29, 1.82) is 0 Å². The molecule has 2 aromatic heterocycles. The normalized spacial score (nSPS) is 12.6. The van der Waals surface area contributed by atoms with Gasteiger partial charge in [-0.05, 0) is 18.2 Å². The lowest BCUT2D eigenvalue weighted by Crippen LogP contribution is -2.22. The number of pyridine rings is 1. The molecule has 6 heteroatoms. The van der Waals surface area contributed by atoms with Gasteiger partial charge in [-0.15, -0.1) is 0 Å². The van der Waals surface area contributed by atoms with Crippen LogP contribution in [0.4, 0.5) is 4.39 Å². The van der Waals surface area contributed by atoms with Crippen molar-refractivity contribution in [2.24, 2.45) is 0 Å². The minimum atomic E-state index is -0.358. The summed E-state index contributed by atoms with van der Waals surface area (Å²) in [5.74, 6) is -0.358. The maximum Gasteiger partial charge on any atom is 0.141 e. The molecule has 0 saturated heterocycles. The molecule has 0 aliphatic carbocycles. The Hall–Kier alpha value is -1.82. The van der Waals surface area contributed by atoms with E-state index in [1.807, 2.05) is 6.92 Å². The highest BCUT2D eigenvalue weighted by Gasteiger charge is 2.16. The number of hydrogen-bond donors (Lipinski definition) is 2. The Bertz CT molecular complexity index is 442. The average molecular weight is 221 g/mol. The van der Waals surface area contributed by atoms with Crippen LogP contribution in [0.5, 0.6) is 0 Å². The zero-order chi connectivity index (χ0) is 11.4. The molecule has 5 nitrogen and oxygen atoms in total. The van der Waals surface area contributed by atoms with Crippen molar-refractivity contribution < 1.29 is 4.39 Å². The molecular formula is C10H12FN5. The summed E-state index contributed by atoms with van der Waals surface area (Å²) < 4.78 is 13.1. The van der Waals surface area contributed by atoms with E-state index in [1.54, 1.807) is 12.4 Å². The van der Waals surface area contributed by atoms with Gasteiger partial charge in [0.05, 0.1) is 18.4 Å². The quantitative estimate of drug-likeness (QED) is 0.809. The minimum Gasteiger partial charge on any atom is -0.305 e. The molecule has 84 valence electrons. The van der Waals surface area contributed by atoms with E-state index in [9.17, 15) is 4.39 Å². The van der Waals surface area contributed by atoms with Gasteiger partial charge in [0.15, 0.2) is 0 Å². The molecule has 0 bridgehead atoms. The van der Waals surface area contributed by atoms with Crippen molar-refractivity contribution in [1.82, 2.24) is 25.7 Å². The van der Waals surface area contributed by atoms with Crippen LogP contribution in [-0.4, -0.2) is 26.9 Å². The molecule has 16 heavy (non-hydrogen) atoms. The minimum absolute atomic E-state index is 0.188. The standard InChI is InChI=1S/C10H12FN5/c1-2-13-10(9-6-14-16-15-9)7-3-8(11)5-12-4-7/h3-6,10,13H,2H2,1H3,(H,14,15,16). The van der Waals surface area contributed by atoms with Crippen LogP contribution in [0, 0.1) is 5.82 Å². The van der Waals surface area contributed by atoms with E-state index in [1.165, 1.54) is 12.3 Å². The molecule has 2 heterocycles. The molecule has 2 rings (SSSR count). The second-order valence-electron chi connectivity index (χ2n) is 3.32. The summed E-state index contributed by atoms with van der Waals surface area (Å²) in [6.07, 6.45) is 4.40. The van der Waals surface area contributed by atoms with E-state index in [0.29, 0.717) is 5.69 Å². The smallest absolute Gasteiger partial charge is 0.141 e. The van der Waals surface area contributed by atoms with Gasteiger partial charge in [0.2, 0.25) is 0 Å². The van der Waals surface area contributed by atoms with Gasteiger partial charge < -0.3 is 5.32 Å². The number of halogens is 1. The van der Waals surface area contributed by atoms with Crippen LogP contribution in [0.1, 0.15) is 24.2 Å². The summed E-state index contributed by atoms with van der Waals surface area (Å²) in [6.45, 7) is 2.72. The molecule has 0 aliphatic rings. The van der Waals surface area contributed by atoms with E-state index in [2.05, 4.69) is 25.7 Å². The fourth-order valence-electron chi connectivity index (χ4n) is 1.53. The highest BCUT2D eigenvalue weighted by Crippen LogP contribution is 2.18. The average Bonchev–Trinajstić information content (AvgIpc) is 2.79. The monoisotopic (exact) mass is 221 g/mol. The number of nitrogens with zero attached hydrogens (tertiary/aromatic N) is 3. The van der Waals surface area contributed by atoms with Crippen LogP contribution in [0.25, 0.3) is 0 Å². The first-order valence-corrected chi connectivity index (χ1v) is 5.00. The summed E-state index contributed by atoms with van der Waals surface area (Å²) in [5, 5.41) is 13.5. The third kappa shape index (κ3) is 2.22. The Morgan fingerprint density at radius 3 is 2.94 bits per heavy atom. The molecule has 0 aromatic carbocycles. The fraction of sp³-hybridized carbons (Fsp3) is 0.300. The number of hydrogen-bond acceptors (Lipinski definition) is 4. The van der Waals surface area contributed by atoms with Gasteiger partial charge in [-0.2, -0.15) is 15.4 Å². The molecule has 0 aliphatic heterocycles. The van der Waals surface area contributed by atoms with Gasteiger partial charge in [0.25, 0.3) is 0 Å². The predicted molar refractivity (Wildman–Crippen MR) is 56.1 cm³/mol. The Morgan fingerprint density at radius 2 is 2.31 bits per heavy atom. The van der Waals surface area contributed by atoms with Gasteiger partial charge >= 0.3 is 0 Å². The van der Waals surface area contributed by atoms with Crippen LogP contribution in [-0.2, 0) is 0 Å². The number of aromatic amines is 1. The first kappa shape index (κ1) is 10.7. The molecule has 0 amide bonds. The Balaban J connectivity index is 2.33.